The van der Waals surface area contributed by atoms with Crippen molar-refractivity contribution < 1.29 is 34.4 Å². The third-order valence-electron chi connectivity index (χ3n) is 6.98. The number of aromatic nitrogens is 1. The number of aliphatic carboxylic acids is 2. The Bertz CT molecular complexity index is 1430. The number of aliphatic hydroxyl groups excluding tert-OH is 1. The maximum absolute atomic E-state index is 10.7. The van der Waals surface area contributed by atoms with Crippen LogP contribution in [0.4, 0.5) is 0 Å². The molecular formula is C29H34N2O7S. The Balaban J connectivity index is 0.000000531. The van der Waals surface area contributed by atoms with Gasteiger partial charge in [0.2, 0.25) is 0 Å². The Morgan fingerprint density at radius 1 is 1.15 bits per heavy atom. The van der Waals surface area contributed by atoms with Gasteiger partial charge in [0.05, 0.1) is 7.11 Å². The van der Waals surface area contributed by atoms with Crippen molar-refractivity contribution in [3.8, 4) is 11.5 Å². The minimum absolute atomic E-state index is 0.300. The second-order valence-electron chi connectivity index (χ2n) is 9.86. The predicted molar refractivity (Wildman–Crippen MR) is 151 cm³/mol. The summed E-state index contributed by atoms with van der Waals surface area (Å²) in [7, 11) is 1.72. The van der Waals surface area contributed by atoms with Gasteiger partial charge in [0, 0.05) is 38.8 Å². The largest absolute Gasteiger partial charge is 0.497 e. The minimum Gasteiger partial charge on any atom is -0.497 e. The number of aryl methyl sites for hydroxylation is 1. The third-order valence-corrected chi connectivity index (χ3v) is 8.24. The number of nitrogens with zero attached hydrogens (tertiary/aromatic N) is 1. The summed E-state index contributed by atoms with van der Waals surface area (Å²) in [6, 6.07) is 17.2. The Hall–Kier alpha value is -3.60. The summed E-state index contributed by atoms with van der Waals surface area (Å²) in [5.74, 6) is -1.34. The number of aromatic amines is 1. The molecule has 208 valence electrons. The number of carboxylic acids is 2. The van der Waals surface area contributed by atoms with Gasteiger partial charge in [-0.2, -0.15) is 0 Å². The topological polar surface area (TPSA) is 132 Å². The van der Waals surface area contributed by atoms with Crippen LogP contribution in [0.2, 0.25) is 0 Å². The van der Waals surface area contributed by atoms with Crippen LogP contribution >= 0.6 is 11.3 Å². The van der Waals surface area contributed by atoms with Crippen LogP contribution in [0, 0.1) is 6.92 Å². The third kappa shape index (κ3) is 7.08. The standard InChI is InChI=1S/C27H32N2O3S.C2H2O4/c1-17-11-23-24(28-17)5-4-6-25(23)32-16-21(30)15-29-10-9-20(12-18(29)2)26-13-19-7-8-22(31-3)14-27(19)33-26;3-1(4)2(5)6/h4-8,11,13-14,18,20-21,28,30H,9-10,12,15-16H2,1-3H3;(H,3,4)(H,5,6)/t18-,20+,21-;/m0./s1. The number of fused-ring (bicyclic) bond motifs is 2. The molecule has 2 aromatic heterocycles. The lowest BCUT2D eigenvalue weighted by Crippen LogP contribution is -2.45. The smallest absolute Gasteiger partial charge is 0.414 e. The minimum atomic E-state index is -1.82. The molecule has 5 rings (SSSR count). The van der Waals surface area contributed by atoms with Gasteiger partial charge in [-0.05, 0) is 87.0 Å². The van der Waals surface area contributed by atoms with Gasteiger partial charge in [-0.15, -0.1) is 11.3 Å². The zero-order chi connectivity index (χ0) is 28.1. The van der Waals surface area contributed by atoms with Gasteiger partial charge in [0.25, 0.3) is 0 Å². The molecule has 0 bridgehead atoms. The molecule has 2 aromatic carbocycles. The summed E-state index contributed by atoms with van der Waals surface area (Å²) >= 11 is 1.89. The number of nitrogens with one attached hydrogen (secondary N) is 1. The van der Waals surface area contributed by atoms with E-state index < -0.39 is 18.0 Å². The second-order valence-corrected chi connectivity index (χ2v) is 11.0. The number of carbonyl (C=O) groups is 2. The van der Waals surface area contributed by atoms with Gasteiger partial charge < -0.3 is 29.8 Å². The van der Waals surface area contributed by atoms with Crippen LogP contribution in [0.1, 0.15) is 36.3 Å². The monoisotopic (exact) mass is 554 g/mol. The molecule has 39 heavy (non-hydrogen) atoms. The van der Waals surface area contributed by atoms with Crippen LogP contribution in [0.25, 0.3) is 21.0 Å². The van der Waals surface area contributed by atoms with Gasteiger partial charge in [0.1, 0.15) is 24.2 Å². The number of hydrogen-bond acceptors (Lipinski definition) is 7. The number of methoxy groups -OCH3 is 1. The predicted octanol–water partition coefficient (Wildman–Crippen LogP) is 4.86. The van der Waals surface area contributed by atoms with E-state index in [2.05, 4.69) is 41.1 Å². The number of hydrogen-bond donors (Lipinski definition) is 4. The van der Waals surface area contributed by atoms with E-state index in [1.165, 1.54) is 15.0 Å². The van der Waals surface area contributed by atoms with Gasteiger partial charge in [0.15, 0.2) is 0 Å². The molecule has 4 N–H and O–H groups in total. The molecule has 0 amide bonds. The molecule has 3 atom stereocenters. The summed E-state index contributed by atoms with van der Waals surface area (Å²) in [5, 5.41) is 27.8. The highest BCUT2D eigenvalue weighted by Gasteiger charge is 2.29. The first-order chi connectivity index (χ1) is 18.6. The number of carboxylic acid groups (broad SMARTS) is 2. The zero-order valence-corrected chi connectivity index (χ0v) is 23.0. The molecular weight excluding hydrogens is 520 g/mol. The number of thiophene rings is 1. The first-order valence-corrected chi connectivity index (χ1v) is 13.6. The molecule has 1 saturated heterocycles. The number of likely N-dealkylation sites (tertiary alicyclic amines) is 1. The summed E-state index contributed by atoms with van der Waals surface area (Å²) in [6.07, 6.45) is 1.71. The van der Waals surface area contributed by atoms with Crippen LogP contribution in [0.5, 0.6) is 11.5 Å². The van der Waals surface area contributed by atoms with Crippen molar-refractivity contribution in [3.05, 3.63) is 59.1 Å². The van der Waals surface area contributed by atoms with Crippen LogP contribution in [0.3, 0.4) is 0 Å². The van der Waals surface area contributed by atoms with Crippen molar-refractivity contribution in [3.63, 3.8) is 0 Å². The molecule has 0 radical (unpaired) electrons. The van der Waals surface area contributed by atoms with Crippen LogP contribution in [-0.2, 0) is 9.59 Å². The van der Waals surface area contributed by atoms with E-state index in [1.807, 2.05) is 42.5 Å². The maximum atomic E-state index is 10.7. The molecule has 4 aromatic rings. The normalized spacial score (nSPS) is 18.4. The van der Waals surface area contributed by atoms with Crippen molar-refractivity contribution in [1.82, 2.24) is 9.88 Å². The van der Waals surface area contributed by atoms with Crippen LogP contribution in [-0.4, -0.2) is 76.1 Å². The van der Waals surface area contributed by atoms with E-state index in [9.17, 15) is 5.11 Å². The lowest BCUT2D eigenvalue weighted by atomic mass is 9.90. The second kappa shape index (κ2) is 12.5. The van der Waals surface area contributed by atoms with Crippen molar-refractivity contribution >= 4 is 44.3 Å². The molecule has 0 unspecified atom stereocenters. The molecule has 3 heterocycles. The number of ether oxygens (including phenoxy) is 2. The molecule has 1 fully saturated rings. The van der Waals surface area contributed by atoms with Crippen molar-refractivity contribution in [2.24, 2.45) is 0 Å². The summed E-state index contributed by atoms with van der Waals surface area (Å²) in [5.41, 5.74) is 2.17. The molecule has 0 aliphatic carbocycles. The zero-order valence-electron chi connectivity index (χ0n) is 22.2. The molecule has 10 heteroatoms. The van der Waals surface area contributed by atoms with E-state index in [0.29, 0.717) is 25.1 Å². The highest BCUT2D eigenvalue weighted by molar-refractivity contribution is 7.19. The van der Waals surface area contributed by atoms with Crippen LogP contribution in [0.15, 0.2) is 48.5 Å². The van der Waals surface area contributed by atoms with E-state index in [4.69, 9.17) is 29.3 Å². The number of rotatable bonds is 7. The maximum Gasteiger partial charge on any atom is 0.414 e. The van der Waals surface area contributed by atoms with Crippen molar-refractivity contribution in [2.45, 2.75) is 44.8 Å². The van der Waals surface area contributed by atoms with E-state index in [0.717, 1.165) is 47.5 Å². The van der Waals surface area contributed by atoms with Gasteiger partial charge >= 0.3 is 11.9 Å². The highest BCUT2D eigenvalue weighted by Crippen LogP contribution is 2.39. The molecule has 0 saturated carbocycles. The lowest BCUT2D eigenvalue weighted by molar-refractivity contribution is -0.159. The van der Waals surface area contributed by atoms with E-state index >= 15 is 0 Å². The number of benzene rings is 2. The van der Waals surface area contributed by atoms with Gasteiger partial charge in [-0.3, -0.25) is 4.90 Å². The lowest BCUT2D eigenvalue weighted by Gasteiger charge is -2.38. The average molecular weight is 555 g/mol. The Morgan fingerprint density at radius 3 is 2.62 bits per heavy atom. The first-order valence-electron chi connectivity index (χ1n) is 12.8. The summed E-state index contributed by atoms with van der Waals surface area (Å²) < 4.78 is 12.7. The summed E-state index contributed by atoms with van der Waals surface area (Å²) in [6.45, 7) is 6.25. The van der Waals surface area contributed by atoms with Gasteiger partial charge in [-0.25, -0.2) is 9.59 Å². The molecule has 9 nitrogen and oxygen atoms in total. The average Bonchev–Trinajstić information content (AvgIpc) is 3.51. The number of piperidine rings is 1. The SMILES string of the molecule is COc1ccc2cc([C@@H]3CCN(C[C@H](O)COc4cccc5[nH]c(C)cc45)[C@@H](C)C3)sc2c1.O=C(O)C(=O)O. The van der Waals surface area contributed by atoms with Crippen LogP contribution < -0.4 is 9.47 Å². The van der Waals surface area contributed by atoms with E-state index in [1.54, 1.807) is 7.11 Å². The van der Waals surface area contributed by atoms with E-state index in [-0.39, 0.29) is 0 Å². The Labute approximate surface area is 230 Å². The quantitative estimate of drug-likeness (QED) is 0.238. The van der Waals surface area contributed by atoms with Crippen molar-refractivity contribution in [1.29, 1.82) is 0 Å². The molecule has 0 spiro atoms. The number of H-pyrrole nitrogens is 1. The molecule has 1 aliphatic rings. The van der Waals surface area contributed by atoms with Crippen molar-refractivity contribution in [2.75, 3.05) is 26.8 Å². The fraction of sp³-hybridized carbons (Fsp3) is 0.379. The molecule has 1 aliphatic heterocycles. The Morgan fingerprint density at radius 2 is 1.92 bits per heavy atom. The summed E-state index contributed by atoms with van der Waals surface area (Å²) in [4.78, 5) is 25.4. The fourth-order valence-electron chi connectivity index (χ4n) is 5.01. The Kier molecular flexibility index (Phi) is 9.11. The first kappa shape index (κ1) is 28.4. The van der Waals surface area contributed by atoms with Gasteiger partial charge in [-0.1, -0.05) is 6.07 Å². The number of β-amino-alcohol motifs (C(OH)–C–C–N with tert-alkyl or cyclic N) is 1. The fourth-order valence-corrected chi connectivity index (χ4v) is 6.25. The highest BCUT2D eigenvalue weighted by atomic mass is 32.1. The number of aliphatic hydroxyl groups is 1.